The van der Waals surface area contributed by atoms with Gasteiger partial charge in [0.05, 0.1) is 17.7 Å². The van der Waals surface area contributed by atoms with E-state index < -0.39 is 5.97 Å². The number of fused-ring (bicyclic) bond motifs is 3. The molecule has 1 saturated carbocycles. The number of carbonyl (C=O) groups is 1. The normalized spacial score (nSPS) is 14.6. The lowest BCUT2D eigenvalue weighted by Crippen LogP contribution is -2.11. The number of carboxylic acids is 1. The Morgan fingerprint density at radius 1 is 1.10 bits per heavy atom. The minimum atomic E-state index is -0.983. The summed E-state index contributed by atoms with van der Waals surface area (Å²) in [5.74, 6) is 0.210. The van der Waals surface area contributed by atoms with Crippen molar-refractivity contribution in [1.29, 1.82) is 0 Å². The Bertz CT molecular complexity index is 1270. The summed E-state index contributed by atoms with van der Waals surface area (Å²) in [4.78, 5) is 25.5. The summed E-state index contributed by atoms with van der Waals surface area (Å²) in [6, 6.07) is 15.1. The van der Waals surface area contributed by atoms with E-state index in [0.29, 0.717) is 29.6 Å². The predicted molar refractivity (Wildman–Crippen MR) is 118 cm³/mol. The van der Waals surface area contributed by atoms with Crippen LogP contribution < -0.4 is 5.32 Å². The van der Waals surface area contributed by atoms with Crippen molar-refractivity contribution in [3.05, 3.63) is 71.7 Å². The lowest BCUT2D eigenvalue weighted by Gasteiger charge is -2.15. The number of anilines is 1. The molecule has 1 fully saturated rings. The van der Waals surface area contributed by atoms with Gasteiger partial charge >= 0.3 is 5.97 Å². The van der Waals surface area contributed by atoms with E-state index in [9.17, 15) is 15.0 Å². The summed E-state index contributed by atoms with van der Waals surface area (Å²) in [6.45, 7) is 0.00648. The van der Waals surface area contributed by atoms with E-state index in [0.717, 1.165) is 34.7 Å². The van der Waals surface area contributed by atoms with Crippen LogP contribution in [0.1, 0.15) is 40.5 Å². The highest BCUT2D eigenvalue weighted by atomic mass is 16.4. The van der Waals surface area contributed by atoms with E-state index in [1.165, 1.54) is 0 Å². The average molecular weight is 414 g/mol. The van der Waals surface area contributed by atoms with E-state index in [2.05, 4.69) is 10.3 Å². The van der Waals surface area contributed by atoms with Crippen LogP contribution in [0.2, 0.25) is 0 Å². The van der Waals surface area contributed by atoms with Gasteiger partial charge in [-0.3, -0.25) is 0 Å². The van der Waals surface area contributed by atoms with E-state index in [-0.39, 0.29) is 18.1 Å². The number of aromatic nitrogens is 3. The van der Waals surface area contributed by atoms with Gasteiger partial charge in [0.2, 0.25) is 0 Å². The molecule has 0 amide bonds. The molecule has 0 radical (unpaired) electrons. The van der Waals surface area contributed by atoms with Gasteiger partial charge in [-0.25, -0.2) is 19.7 Å². The maximum atomic E-state index is 11.4. The first-order valence-electron chi connectivity index (χ1n) is 10.4. The van der Waals surface area contributed by atoms with Crippen LogP contribution in [0.25, 0.3) is 21.8 Å². The zero-order valence-corrected chi connectivity index (χ0v) is 16.8. The monoisotopic (exact) mass is 414 g/mol. The van der Waals surface area contributed by atoms with Crippen molar-refractivity contribution >= 4 is 33.6 Å². The molecule has 156 valence electrons. The van der Waals surface area contributed by atoms with Crippen LogP contribution in [0.3, 0.4) is 0 Å². The fraction of sp³-hybridized carbons (Fsp3) is 0.250. The topological polar surface area (TPSA) is 108 Å². The first-order valence-corrected chi connectivity index (χ1v) is 10.4. The lowest BCUT2D eigenvalue weighted by atomic mass is 9.96. The molecule has 1 aliphatic rings. The molecule has 1 atom stereocenters. The summed E-state index contributed by atoms with van der Waals surface area (Å²) >= 11 is 0. The zero-order chi connectivity index (χ0) is 21.4. The van der Waals surface area contributed by atoms with Crippen molar-refractivity contribution < 1.29 is 15.0 Å². The van der Waals surface area contributed by atoms with Gasteiger partial charge in [0.15, 0.2) is 5.82 Å². The second-order valence-corrected chi connectivity index (χ2v) is 7.96. The molecule has 0 saturated heterocycles. The Hall–Kier alpha value is -3.58. The molecule has 3 N–H and O–H groups in total. The Labute approximate surface area is 178 Å². The van der Waals surface area contributed by atoms with Crippen LogP contribution >= 0.6 is 0 Å². The number of aliphatic hydroxyl groups excluding tert-OH is 1. The van der Waals surface area contributed by atoms with Gasteiger partial charge in [0.1, 0.15) is 11.3 Å². The van der Waals surface area contributed by atoms with Gasteiger partial charge in [-0.15, -0.1) is 0 Å². The number of hydrogen-bond donors (Lipinski definition) is 3. The van der Waals surface area contributed by atoms with Gasteiger partial charge < -0.3 is 15.5 Å². The first-order chi connectivity index (χ1) is 15.1. The van der Waals surface area contributed by atoms with E-state index >= 15 is 0 Å². The Balaban J connectivity index is 1.60. The van der Waals surface area contributed by atoms with Crippen molar-refractivity contribution in [2.75, 3.05) is 11.9 Å². The summed E-state index contributed by atoms with van der Waals surface area (Å²) < 4.78 is 0. The van der Waals surface area contributed by atoms with Gasteiger partial charge in [-0.05, 0) is 30.5 Å². The molecule has 0 bridgehead atoms. The van der Waals surface area contributed by atoms with Crippen LogP contribution in [-0.4, -0.2) is 43.8 Å². The third-order valence-corrected chi connectivity index (χ3v) is 5.67. The van der Waals surface area contributed by atoms with Gasteiger partial charge in [-0.1, -0.05) is 36.4 Å². The molecule has 2 aromatic heterocycles. The largest absolute Gasteiger partial charge is 0.478 e. The fourth-order valence-electron chi connectivity index (χ4n) is 3.81. The molecule has 7 nitrogen and oxygen atoms in total. The Morgan fingerprint density at radius 3 is 2.61 bits per heavy atom. The molecule has 4 aromatic rings. The number of pyridine rings is 1. The third-order valence-electron chi connectivity index (χ3n) is 5.67. The van der Waals surface area contributed by atoms with Crippen molar-refractivity contribution in [3.63, 3.8) is 0 Å². The highest BCUT2D eigenvalue weighted by Gasteiger charge is 2.24. The van der Waals surface area contributed by atoms with Crippen LogP contribution in [0.4, 0.5) is 5.82 Å². The van der Waals surface area contributed by atoms with Gasteiger partial charge in [0, 0.05) is 35.3 Å². The van der Waals surface area contributed by atoms with Gasteiger partial charge in [-0.2, -0.15) is 0 Å². The highest BCUT2D eigenvalue weighted by molar-refractivity contribution is 6.09. The molecule has 5 rings (SSSR count). The summed E-state index contributed by atoms with van der Waals surface area (Å²) in [5, 5.41) is 24.3. The fourth-order valence-corrected chi connectivity index (χ4v) is 3.81. The minimum absolute atomic E-state index is 0.00648. The lowest BCUT2D eigenvalue weighted by molar-refractivity contribution is 0.0697. The highest BCUT2D eigenvalue weighted by Crippen LogP contribution is 2.32. The van der Waals surface area contributed by atoms with Gasteiger partial charge in [0.25, 0.3) is 0 Å². The number of hydrogen-bond acceptors (Lipinski definition) is 6. The number of nitrogens with one attached hydrogen (secondary N) is 1. The second kappa shape index (κ2) is 7.92. The zero-order valence-electron chi connectivity index (χ0n) is 16.8. The molecule has 2 heterocycles. The van der Waals surface area contributed by atoms with Crippen LogP contribution in [0, 0.1) is 0 Å². The molecular weight excluding hydrogens is 392 g/mol. The summed E-state index contributed by atoms with van der Waals surface area (Å²) in [6.07, 6.45) is 4.44. The number of aliphatic hydroxyl groups is 1. The summed E-state index contributed by atoms with van der Waals surface area (Å²) in [5.41, 5.74) is 2.56. The Morgan fingerprint density at radius 2 is 1.90 bits per heavy atom. The maximum Gasteiger partial charge on any atom is 0.335 e. The number of aromatic carboxylic acids is 1. The van der Waals surface area contributed by atoms with Crippen molar-refractivity contribution in [3.8, 4) is 0 Å². The van der Waals surface area contributed by atoms with E-state index in [4.69, 9.17) is 9.97 Å². The molecule has 7 heteroatoms. The minimum Gasteiger partial charge on any atom is -0.478 e. The van der Waals surface area contributed by atoms with E-state index in [1.54, 1.807) is 24.4 Å². The molecule has 0 spiro atoms. The molecule has 1 unspecified atom stereocenters. The molecule has 2 aromatic carbocycles. The van der Waals surface area contributed by atoms with Crippen LogP contribution in [0.5, 0.6) is 0 Å². The smallest absolute Gasteiger partial charge is 0.335 e. The molecular formula is C24H22N4O3. The SMILES string of the molecule is O=C(O)c1ccc2c(c1)nc(NC1CC1)c1nc(CC(CO)c3ccccc3)ncc12. The molecule has 1 aliphatic carbocycles. The number of rotatable bonds is 7. The van der Waals surface area contributed by atoms with Crippen molar-refractivity contribution in [2.24, 2.45) is 0 Å². The molecule has 31 heavy (non-hydrogen) atoms. The maximum absolute atomic E-state index is 11.4. The second-order valence-electron chi connectivity index (χ2n) is 7.96. The number of benzene rings is 2. The van der Waals surface area contributed by atoms with Crippen LogP contribution in [-0.2, 0) is 6.42 Å². The predicted octanol–water partition coefficient (Wildman–Crippen LogP) is 3.77. The van der Waals surface area contributed by atoms with Crippen molar-refractivity contribution in [1.82, 2.24) is 15.0 Å². The summed E-state index contributed by atoms with van der Waals surface area (Å²) in [7, 11) is 0. The average Bonchev–Trinajstić information content (AvgIpc) is 3.61. The first kappa shape index (κ1) is 19.4. The quantitative estimate of drug-likeness (QED) is 0.395. The number of carboxylic acid groups (broad SMARTS) is 1. The van der Waals surface area contributed by atoms with Crippen molar-refractivity contribution in [2.45, 2.75) is 31.2 Å². The third kappa shape index (κ3) is 3.92. The number of nitrogens with zero attached hydrogens (tertiary/aromatic N) is 3. The van der Waals surface area contributed by atoms with Crippen LogP contribution in [0.15, 0.2) is 54.7 Å². The van der Waals surface area contributed by atoms with E-state index in [1.807, 2.05) is 30.3 Å². The molecule has 0 aliphatic heterocycles. The Kier molecular flexibility index (Phi) is 4.95. The standard InChI is InChI=1S/C24H22N4O3/c29-13-16(14-4-2-1-3-5-14)11-21-25-12-19-18-9-6-15(24(30)31)10-20(18)27-23(22(19)28-21)26-17-7-8-17/h1-6,9-10,12,16-17,29H,7-8,11,13H2,(H,26,27)(H,30,31).